The Kier molecular flexibility index (Phi) is 11.8. The van der Waals surface area contributed by atoms with E-state index in [0.717, 1.165) is 12.2 Å². The molecule has 0 aliphatic carbocycles. The molecule has 0 spiro atoms. The van der Waals surface area contributed by atoms with Crippen LogP contribution in [0.1, 0.15) is 57.9 Å². The van der Waals surface area contributed by atoms with E-state index in [2.05, 4.69) is 19.1 Å². The topological polar surface area (TPSA) is 44.8 Å². The summed E-state index contributed by atoms with van der Waals surface area (Å²) in [6.07, 6.45) is 9.12. The van der Waals surface area contributed by atoms with E-state index in [1.54, 1.807) is 0 Å². The Bertz CT molecular complexity index is 428. The van der Waals surface area contributed by atoms with Crippen LogP contribution >= 0.6 is 0 Å². The molecular formula is C20H32O4. The van der Waals surface area contributed by atoms with Gasteiger partial charge in [0.2, 0.25) is 0 Å². The van der Waals surface area contributed by atoms with Crippen LogP contribution in [-0.2, 0) is 20.7 Å². The van der Waals surface area contributed by atoms with Gasteiger partial charge in [-0.25, -0.2) is 0 Å². The summed E-state index contributed by atoms with van der Waals surface area (Å²) in [7, 11) is 0. The molecule has 0 aliphatic heterocycles. The number of aryl methyl sites for hydroxylation is 1. The molecule has 1 aromatic rings. The zero-order valence-corrected chi connectivity index (χ0v) is 15.2. The number of hydrogen-bond donors (Lipinski definition) is 0. The average Bonchev–Trinajstić information content (AvgIpc) is 2.58. The van der Waals surface area contributed by atoms with Gasteiger partial charge in [0.25, 0.3) is 0 Å². The molecule has 0 heterocycles. The molecule has 0 aliphatic rings. The molecule has 0 atom stereocenters. The highest BCUT2D eigenvalue weighted by Crippen LogP contribution is 2.15. The summed E-state index contributed by atoms with van der Waals surface area (Å²) in [4.78, 5) is 10.6. The smallest absolute Gasteiger partial charge is 0.302 e. The second kappa shape index (κ2) is 13.8. The first-order valence-electron chi connectivity index (χ1n) is 9.15. The Hall–Kier alpha value is -1.55. The maximum atomic E-state index is 10.6. The van der Waals surface area contributed by atoms with Crippen LogP contribution in [0.25, 0.3) is 0 Å². The van der Waals surface area contributed by atoms with Crippen molar-refractivity contribution in [3.05, 3.63) is 29.8 Å². The van der Waals surface area contributed by atoms with E-state index in [1.165, 1.54) is 51.0 Å². The van der Waals surface area contributed by atoms with E-state index in [9.17, 15) is 4.79 Å². The fourth-order valence-corrected chi connectivity index (χ4v) is 2.43. The van der Waals surface area contributed by atoms with E-state index in [4.69, 9.17) is 14.2 Å². The van der Waals surface area contributed by atoms with Crippen molar-refractivity contribution in [1.82, 2.24) is 0 Å². The third-order valence-electron chi connectivity index (χ3n) is 3.77. The zero-order chi connectivity index (χ0) is 17.5. The summed E-state index contributed by atoms with van der Waals surface area (Å²) in [5.74, 6) is 0.584. The number of carbonyl (C=O) groups excluding carboxylic acids is 1. The lowest BCUT2D eigenvalue weighted by molar-refractivity contribution is -0.142. The molecular weight excluding hydrogens is 304 g/mol. The first kappa shape index (κ1) is 20.5. The van der Waals surface area contributed by atoms with Crippen LogP contribution < -0.4 is 4.74 Å². The molecule has 0 bridgehead atoms. The first-order valence-corrected chi connectivity index (χ1v) is 9.15. The summed E-state index contributed by atoms with van der Waals surface area (Å²) in [6.45, 7) is 5.32. The lowest BCUT2D eigenvalue weighted by Crippen LogP contribution is -2.12. The molecule has 0 N–H and O–H groups in total. The van der Waals surface area contributed by atoms with Crippen molar-refractivity contribution >= 4 is 5.97 Å². The second-order valence-corrected chi connectivity index (χ2v) is 5.96. The first-order chi connectivity index (χ1) is 11.7. The molecule has 0 saturated carbocycles. The van der Waals surface area contributed by atoms with Crippen molar-refractivity contribution in [1.29, 1.82) is 0 Å². The van der Waals surface area contributed by atoms with Crippen molar-refractivity contribution in [2.75, 3.05) is 26.4 Å². The van der Waals surface area contributed by atoms with Gasteiger partial charge in [0.05, 0.1) is 13.2 Å². The number of benzene rings is 1. The Balaban J connectivity index is 2.04. The molecule has 0 saturated heterocycles. The van der Waals surface area contributed by atoms with Crippen LogP contribution in [0.5, 0.6) is 5.75 Å². The van der Waals surface area contributed by atoms with Crippen molar-refractivity contribution in [3.63, 3.8) is 0 Å². The number of ether oxygens (including phenoxy) is 3. The maximum Gasteiger partial charge on any atom is 0.302 e. The van der Waals surface area contributed by atoms with Crippen LogP contribution in [0, 0.1) is 0 Å². The fourth-order valence-electron chi connectivity index (χ4n) is 2.43. The minimum atomic E-state index is -0.282. The average molecular weight is 336 g/mol. The van der Waals surface area contributed by atoms with Gasteiger partial charge in [-0.05, 0) is 30.5 Å². The lowest BCUT2D eigenvalue weighted by Gasteiger charge is -2.08. The Morgan fingerprint density at radius 3 is 2.25 bits per heavy atom. The fraction of sp³-hybridized carbons (Fsp3) is 0.650. The van der Waals surface area contributed by atoms with Crippen molar-refractivity contribution in [2.45, 2.75) is 58.8 Å². The van der Waals surface area contributed by atoms with Crippen molar-refractivity contribution < 1.29 is 19.0 Å². The molecule has 0 radical (unpaired) electrons. The highest BCUT2D eigenvalue weighted by atomic mass is 16.6. The Morgan fingerprint density at radius 1 is 0.875 bits per heavy atom. The van der Waals surface area contributed by atoms with E-state index in [1.807, 2.05) is 12.1 Å². The van der Waals surface area contributed by atoms with Gasteiger partial charge in [0, 0.05) is 6.92 Å². The van der Waals surface area contributed by atoms with Gasteiger partial charge in [0.15, 0.2) is 0 Å². The van der Waals surface area contributed by atoms with Gasteiger partial charge in [-0.15, -0.1) is 0 Å². The number of hydrogen-bond acceptors (Lipinski definition) is 4. The molecule has 0 fully saturated rings. The van der Waals surface area contributed by atoms with E-state index in [0.29, 0.717) is 26.4 Å². The molecule has 24 heavy (non-hydrogen) atoms. The molecule has 1 rings (SSSR count). The van der Waals surface area contributed by atoms with E-state index >= 15 is 0 Å². The minimum Gasteiger partial charge on any atom is -0.491 e. The third kappa shape index (κ3) is 11.1. The van der Waals surface area contributed by atoms with Gasteiger partial charge < -0.3 is 14.2 Å². The zero-order valence-electron chi connectivity index (χ0n) is 15.2. The van der Waals surface area contributed by atoms with Crippen LogP contribution in [0.4, 0.5) is 0 Å². The van der Waals surface area contributed by atoms with Crippen LogP contribution in [0.3, 0.4) is 0 Å². The van der Waals surface area contributed by atoms with Gasteiger partial charge >= 0.3 is 5.97 Å². The summed E-state index contributed by atoms with van der Waals surface area (Å²) in [5.41, 5.74) is 1.37. The van der Waals surface area contributed by atoms with E-state index < -0.39 is 0 Å². The monoisotopic (exact) mass is 336 g/mol. The predicted octanol–water partition coefficient (Wildman–Crippen LogP) is 4.55. The molecule has 4 heteroatoms. The normalized spacial score (nSPS) is 10.6. The molecule has 1 aromatic carbocycles. The predicted molar refractivity (Wildman–Crippen MR) is 96.5 cm³/mol. The summed E-state index contributed by atoms with van der Waals surface area (Å²) >= 11 is 0. The Morgan fingerprint density at radius 2 is 1.54 bits per heavy atom. The van der Waals surface area contributed by atoms with Gasteiger partial charge in [-0.2, -0.15) is 0 Å². The van der Waals surface area contributed by atoms with Crippen LogP contribution in [0.2, 0.25) is 0 Å². The van der Waals surface area contributed by atoms with Gasteiger partial charge in [-0.3, -0.25) is 4.79 Å². The molecule has 136 valence electrons. The highest BCUT2D eigenvalue weighted by Gasteiger charge is 1.98. The largest absolute Gasteiger partial charge is 0.491 e. The molecule has 4 nitrogen and oxygen atoms in total. The minimum absolute atomic E-state index is 0.282. The molecule has 0 unspecified atom stereocenters. The van der Waals surface area contributed by atoms with Crippen molar-refractivity contribution in [3.8, 4) is 5.75 Å². The molecule has 0 amide bonds. The Labute approximate surface area is 146 Å². The summed E-state index contributed by atoms with van der Waals surface area (Å²) < 4.78 is 15.7. The standard InChI is InChI=1S/C20H32O4/c1-3-4-5-6-7-8-9-19-10-12-20(13-11-19)24-17-15-22-14-16-23-18(2)21/h10-13H,3-9,14-17H2,1-2H3. The van der Waals surface area contributed by atoms with E-state index in [-0.39, 0.29) is 5.97 Å². The number of esters is 1. The number of unbranched alkanes of at least 4 members (excludes halogenated alkanes) is 5. The summed E-state index contributed by atoms with van der Waals surface area (Å²) in [5, 5.41) is 0. The SMILES string of the molecule is CCCCCCCCc1ccc(OCCOCCOC(C)=O)cc1. The number of rotatable bonds is 14. The van der Waals surface area contributed by atoms with Crippen LogP contribution in [-0.4, -0.2) is 32.4 Å². The lowest BCUT2D eigenvalue weighted by atomic mass is 10.0. The quantitative estimate of drug-likeness (QED) is 0.369. The maximum absolute atomic E-state index is 10.6. The second-order valence-electron chi connectivity index (χ2n) is 5.96. The third-order valence-corrected chi connectivity index (χ3v) is 3.77. The highest BCUT2D eigenvalue weighted by molar-refractivity contribution is 5.65. The number of carbonyl (C=O) groups is 1. The summed E-state index contributed by atoms with van der Waals surface area (Å²) in [6, 6.07) is 8.32. The van der Waals surface area contributed by atoms with Gasteiger partial charge in [0.1, 0.15) is 19.0 Å². The van der Waals surface area contributed by atoms with Crippen molar-refractivity contribution in [2.24, 2.45) is 0 Å². The van der Waals surface area contributed by atoms with Crippen LogP contribution in [0.15, 0.2) is 24.3 Å². The van der Waals surface area contributed by atoms with Gasteiger partial charge in [-0.1, -0.05) is 51.2 Å². The molecule has 0 aromatic heterocycles.